The van der Waals surface area contributed by atoms with Gasteiger partial charge in [0.05, 0.1) is 16.3 Å². The normalized spacial score (nSPS) is 17.0. The Morgan fingerprint density at radius 3 is 2.89 bits per heavy atom. The topological polar surface area (TPSA) is 60.6 Å². The highest BCUT2D eigenvalue weighted by Gasteiger charge is 2.45. The summed E-state index contributed by atoms with van der Waals surface area (Å²) in [4.78, 5) is 4.00. The second-order valence-corrected chi connectivity index (χ2v) is 5.17. The van der Waals surface area contributed by atoms with Crippen LogP contribution in [0.15, 0.2) is 18.9 Å². The molecule has 18 heavy (non-hydrogen) atoms. The van der Waals surface area contributed by atoms with Gasteiger partial charge in [-0.25, -0.2) is 9.67 Å². The van der Waals surface area contributed by atoms with Crippen LogP contribution in [0.5, 0.6) is 0 Å². The molecule has 0 spiro atoms. The van der Waals surface area contributed by atoms with Crippen molar-refractivity contribution in [1.29, 1.82) is 0 Å². The number of hydrogen-bond acceptors (Lipinski definition) is 4. The maximum Gasteiger partial charge on any atom is 0.137 e. The maximum atomic E-state index is 6.06. The van der Waals surface area contributed by atoms with Crippen LogP contribution < -0.4 is 5.32 Å². The quantitative estimate of drug-likeness (QED) is 0.875. The summed E-state index contributed by atoms with van der Waals surface area (Å²) in [5.74, 6) is 0. The summed E-state index contributed by atoms with van der Waals surface area (Å²) in [5.41, 5.74) is 0.992. The molecule has 0 amide bonds. The molecular weight excluding hydrogens is 252 g/mol. The van der Waals surface area contributed by atoms with Crippen molar-refractivity contribution in [3.8, 4) is 0 Å². The van der Waals surface area contributed by atoms with E-state index in [-0.39, 0.29) is 5.54 Å². The third-order valence-electron chi connectivity index (χ3n) is 3.33. The third kappa shape index (κ3) is 2.13. The molecule has 1 aliphatic carbocycles. The number of nitrogens with zero attached hydrogens (tertiary/aromatic N) is 5. The van der Waals surface area contributed by atoms with E-state index < -0.39 is 0 Å². The summed E-state index contributed by atoms with van der Waals surface area (Å²) in [6.45, 7) is 1.54. The minimum atomic E-state index is 0.109. The molecule has 1 aliphatic rings. The Balaban J connectivity index is 1.58. The van der Waals surface area contributed by atoms with Crippen LogP contribution in [0.4, 0.5) is 0 Å². The van der Waals surface area contributed by atoms with Crippen LogP contribution in [-0.4, -0.2) is 31.1 Å². The van der Waals surface area contributed by atoms with E-state index >= 15 is 0 Å². The summed E-state index contributed by atoms with van der Waals surface area (Å²) < 4.78 is 3.67. The highest BCUT2D eigenvalue weighted by atomic mass is 35.5. The Morgan fingerprint density at radius 2 is 2.33 bits per heavy atom. The number of halogens is 1. The van der Waals surface area contributed by atoms with Crippen molar-refractivity contribution in [3.63, 3.8) is 0 Å². The second-order valence-electron chi connectivity index (χ2n) is 4.77. The summed E-state index contributed by atoms with van der Waals surface area (Å²) in [7, 11) is 1.87. The van der Waals surface area contributed by atoms with Gasteiger partial charge in [-0.15, -0.1) is 0 Å². The molecule has 1 N–H and O–H groups in total. The molecule has 96 valence electrons. The first-order valence-corrected chi connectivity index (χ1v) is 6.31. The van der Waals surface area contributed by atoms with Crippen molar-refractivity contribution in [1.82, 2.24) is 29.9 Å². The fraction of sp³-hybridized carbons (Fsp3) is 0.545. The number of nitrogens with one attached hydrogen (secondary N) is 1. The average Bonchev–Trinajstić information content (AvgIpc) is 2.79. The molecule has 7 heteroatoms. The van der Waals surface area contributed by atoms with E-state index in [0.29, 0.717) is 11.6 Å². The first kappa shape index (κ1) is 11.7. The van der Waals surface area contributed by atoms with Gasteiger partial charge in [0.25, 0.3) is 0 Å². The lowest BCUT2D eigenvalue weighted by molar-refractivity contribution is 0.398. The first-order valence-electron chi connectivity index (χ1n) is 5.93. The Bertz CT molecular complexity index is 528. The van der Waals surface area contributed by atoms with E-state index in [4.69, 9.17) is 11.6 Å². The Morgan fingerprint density at radius 1 is 1.50 bits per heavy atom. The molecular formula is C11H15ClN6. The van der Waals surface area contributed by atoms with Gasteiger partial charge in [0.15, 0.2) is 0 Å². The van der Waals surface area contributed by atoms with Crippen LogP contribution in [0.25, 0.3) is 0 Å². The molecule has 0 bridgehead atoms. The molecule has 2 aromatic rings. The van der Waals surface area contributed by atoms with Crippen LogP contribution in [0.2, 0.25) is 5.02 Å². The van der Waals surface area contributed by atoms with Crippen LogP contribution >= 0.6 is 11.6 Å². The van der Waals surface area contributed by atoms with Crippen molar-refractivity contribution in [3.05, 3.63) is 29.6 Å². The lowest BCUT2D eigenvalue weighted by atomic mass is 10.2. The molecule has 0 saturated heterocycles. The largest absolute Gasteiger partial charge is 0.309 e. The van der Waals surface area contributed by atoms with E-state index in [9.17, 15) is 0 Å². The van der Waals surface area contributed by atoms with Gasteiger partial charge >= 0.3 is 0 Å². The molecule has 1 fully saturated rings. The highest BCUT2D eigenvalue weighted by Crippen LogP contribution is 2.41. The monoisotopic (exact) mass is 266 g/mol. The Hall–Kier alpha value is -1.40. The third-order valence-corrected chi connectivity index (χ3v) is 3.65. The predicted molar refractivity (Wildman–Crippen MR) is 67.2 cm³/mol. The molecule has 1 saturated carbocycles. The zero-order chi connectivity index (χ0) is 12.6. The zero-order valence-electron chi connectivity index (χ0n) is 10.2. The second kappa shape index (κ2) is 4.37. The fourth-order valence-electron chi connectivity index (χ4n) is 2.12. The van der Waals surface area contributed by atoms with E-state index in [1.165, 1.54) is 0 Å². The Labute approximate surface area is 110 Å². The SMILES string of the molecule is Cn1cc(Cl)c(CNCC2(n3cncn3)CC2)n1. The van der Waals surface area contributed by atoms with E-state index in [2.05, 4.69) is 20.5 Å². The lowest BCUT2D eigenvalue weighted by Crippen LogP contribution is -2.32. The van der Waals surface area contributed by atoms with Crippen LogP contribution in [0.1, 0.15) is 18.5 Å². The standard InChI is InChI=1S/C11H15ClN6/c1-17-5-9(12)10(16-17)4-13-6-11(2-3-11)18-8-14-7-15-18/h5,7-8,13H,2-4,6H2,1H3. The Kier molecular flexibility index (Phi) is 2.83. The first-order chi connectivity index (χ1) is 8.70. The maximum absolute atomic E-state index is 6.06. The van der Waals surface area contributed by atoms with Crippen molar-refractivity contribution in [2.45, 2.75) is 24.9 Å². The predicted octanol–water partition coefficient (Wildman–Crippen LogP) is 0.944. The van der Waals surface area contributed by atoms with Crippen LogP contribution in [0, 0.1) is 0 Å². The van der Waals surface area contributed by atoms with E-state index in [1.54, 1.807) is 17.3 Å². The van der Waals surface area contributed by atoms with Crippen molar-refractivity contribution >= 4 is 11.6 Å². The molecule has 0 radical (unpaired) electrons. The zero-order valence-corrected chi connectivity index (χ0v) is 10.9. The number of rotatable bonds is 5. The minimum absolute atomic E-state index is 0.109. The summed E-state index contributed by atoms with van der Waals surface area (Å²) in [6, 6.07) is 0. The summed E-state index contributed by atoms with van der Waals surface area (Å²) in [6.07, 6.45) is 7.44. The molecule has 0 aromatic carbocycles. The molecule has 6 nitrogen and oxygen atoms in total. The van der Waals surface area contributed by atoms with Crippen molar-refractivity contribution in [2.24, 2.45) is 7.05 Å². The van der Waals surface area contributed by atoms with Gasteiger partial charge in [0.2, 0.25) is 0 Å². The van der Waals surface area contributed by atoms with Gasteiger partial charge in [-0.1, -0.05) is 11.6 Å². The smallest absolute Gasteiger partial charge is 0.137 e. The van der Waals surface area contributed by atoms with Crippen LogP contribution in [0.3, 0.4) is 0 Å². The van der Waals surface area contributed by atoms with E-state index in [0.717, 1.165) is 25.1 Å². The molecule has 3 rings (SSSR count). The number of hydrogen-bond donors (Lipinski definition) is 1. The van der Waals surface area contributed by atoms with Crippen molar-refractivity contribution in [2.75, 3.05) is 6.54 Å². The van der Waals surface area contributed by atoms with Gasteiger partial charge in [-0.2, -0.15) is 10.2 Å². The van der Waals surface area contributed by atoms with Gasteiger partial charge in [0.1, 0.15) is 12.7 Å². The van der Waals surface area contributed by atoms with Gasteiger partial charge in [0, 0.05) is 26.3 Å². The average molecular weight is 267 g/mol. The van der Waals surface area contributed by atoms with Gasteiger partial charge in [-0.05, 0) is 12.8 Å². The molecule has 2 heterocycles. The lowest BCUT2D eigenvalue weighted by Gasteiger charge is -2.15. The molecule has 0 atom stereocenters. The van der Waals surface area contributed by atoms with Crippen LogP contribution in [-0.2, 0) is 19.1 Å². The van der Waals surface area contributed by atoms with Gasteiger partial charge < -0.3 is 5.32 Å². The van der Waals surface area contributed by atoms with Crippen molar-refractivity contribution < 1.29 is 0 Å². The van der Waals surface area contributed by atoms with E-state index in [1.807, 2.05) is 17.9 Å². The molecule has 0 aliphatic heterocycles. The summed E-state index contributed by atoms with van der Waals surface area (Å²) >= 11 is 6.06. The molecule has 0 unspecified atom stereocenters. The van der Waals surface area contributed by atoms with Gasteiger partial charge in [-0.3, -0.25) is 4.68 Å². The molecule has 2 aromatic heterocycles. The number of aromatic nitrogens is 5. The fourth-order valence-corrected chi connectivity index (χ4v) is 2.37. The minimum Gasteiger partial charge on any atom is -0.309 e. The number of aryl methyl sites for hydroxylation is 1. The highest BCUT2D eigenvalue weighted by molar-refractivity contribution is 6.31. The summed E-state index contributed by atoms with van der Waals surface area (Å²) in [5, 5.41) is 12.6.